The molecule has 0 atom stereocenters. The SMILES string of the molecule is Cn1c(Sc2nc(-c3ccccc3)ns2)nnc1-c1cnccn1. The summed E-state index contributed by atoms with van der Waals surface area (Å²) < 4.78 is 7.10. The van der Waals surface area contributed by atoms with Gasteiger partial charge >= 0.3 is 0 Å². The van der Waals surface area contributed by atoms with Gasteiger partial charge in [0.25, 0.3) is 0 Å². The van der Waals surface area contributed by atoms with Gasteiger partial charge in [-0.1, -0.05) is 30.3 Å². The molecule has 0 fully saturated rings. The molecule has 0 spiro atoms. The highest BCUT2D eigenvalue weighted by Crippen LogP contribution is 2.31. The van der Waals surface area contributed by atoms with E-state index < -0.39 is 0 Å². The molecule has 7 nitrogen and oxygen atoms in total. The van der Waals surface area contributed by atoms with Crippen LogP contribution >= 0.6 is 23.3 Å². The zero-order valence-electron chi connectivity index (χ0n) is 12.6. The quantitative estimate of drug-likeness (QED) is 0.558. The lowest BCUT2D eigenvalue weighted by Gasteiger charge is -2.00. The Hall–Kier alpha value is -2.65. The first kappa shape index (κ1) is 14.9. The van der Waals surface area contributed by atoms with Crippen molar-refractivity contribution in [3.05, 3.63) is 48.9 Å². The molecule has 0 N–H and O–H groups in total. The van der Waals surface area contributed by atoms with E-state index in [1.807, 2.05) is 41.9 Å². The maximum Gasteiger partial charge on any atom is 0.198 e. The predicted octanol–water partition coefficient (Wildman–Crippen LogP) is 2.94. The molecule has 0 bridgehead atoms. The summed E-state index contributed by atoms with van der Waals surface area (Å²) in [4.78, 5) is 12.9. The van der Waals surface area contributed by atoms with E-state index in [0.717, 1.165) is 20.9 Å². The monoisotopic (exact) mass is 353 g/mol. The number of aromatic nitrogens is 7. The summed E-state index contributed by atoms with van der Waals surface area (Å²) >= 11 is 2.78. The van der Waals surface area contributed by atoms with Crippen LogP contribution in [0.15, 0.2) is 58.4 Å². The van der Waals surface area contributed by atoms with Crippen molar-refractivity contribution in [2.45, 2.75) is 9.50 Å². The van der Waals surface area contributed by atoms with Crippen LogP contribution in [-0.4, -0.2) is 34.1 Å². The van der Waals surface area contributed by atoms with Crippen LogP contribution in [0.25, 0.3) is 22.9 Å². The fourth-order valence-corrected chi connectivity index (χ4v) is 3.59. The topological polar surface area (TPSA) is 82.3 Å². The molecule has 4 aromatic rings. The molecule has 0 radical (unpaired) electrons. The third-order valence-corrected chi connectivity index (χ3v) is 5.03. The molecular formula is C15H11N7S2. The normalized spacial score (nSPS) is 10.9. The fraction of sp³-hybridized carbons (Fsp3) is 0.0667. The minimum atomic E-state index is 0.665. The first-order valence-electron chi connectivity index (χ1n) is 7.04. The molecule has 0 amide bonds. The van der Waals surface area contributed by atoms with Crippen molar-refractivity contribution >= 4 is 23.3 Å². The molecule has 24 heavy (non-hydrogen) atoms. The van der Waals surface area contributed by atoms with Gasteiger partial charge < -0.3 is 4.57 Å². The molecule has 0 aliphatic rings. The largest absolute Gasteiger partial charge is 0.303 e. The van der Waals surface area contributed by atoms with Crippen LogP contribution in [0.1, 0.15) is 0 Å². The van der Waals surface area contributed by atoms with E-state index in [1.54, 1.807) is 18.6 Å². The van der Waals surface area contributed by atoms with Gasteiger partial charge in [-0.3, -0.25) is 4.98 Å². The minimum Gasteiger partial charge on any atom is -0.303 e. The Morgan fingerprint density at radius 2 is 1.96 bits per heavy atom. The average molecular weight is 353 g/mol. The van der Waals surface area contributed by atoms with Crippen LogP contribution in [0.4, 0.5) is 0 Å². The summed E-state index contributed by atoms with van der Waals surface area (Å²) in [5, 5.41) is 9.14. The molecule has 0 saturated heterocycles. The van der Waals surface area contributed by atoms with Gasteiger partial charge in [-0.05, 0) is 23.3 Å². The van der Waals surface area contributed by atoms with E-state index in [4.69, 9.17) is 0 Å². The molecule has 118 valence electrons. The van der Waals surface area contributed by atoms with Crippen molar-refractivity contribution in [1.82, 2.24) is 34.1 Å². The zero-order chi connectivity index (χ0) is 16.4. The van der Waals surface area contributed by atoms with Gasteiger partial charge in [0.15, 0.2) is 21.1 Å². The van der Waals surface area contributed by atoms with Gasteiger partial charge in [0.05, 0.1) is 6.20 Å². The molecule has 0 aliphatic heterocycles. The Labute approximate surface area is 146 Å². The zero-order valence-corrected chi connectivity index (χ0v) is 14.2. The number of hydrogen-bond acceptors (Lipinski definition) is 8. The van der Waals surface area contributed by atoms with E-state index in [0.29, 0.717) is 11.5 Å². The number of hydrogen-bond donors (Lipinski definition) is 0. The van der Waals surface area contributed by atoms with Crippen LogP contribution in [-0.2, 0) is 7.05 Å². The molecule has 3 aromatic heterocycles. The van der Waals surface area contributed by atoms with Gasteiger partial charge in [0, 0.05) is 25.0 Å². The second kappa shape index (κ2) is 6.46. The van der Waals surface area contributed by atoms with E-state index in [-0.39, 0.29) is 0 Å². The lowest BCUT2D eigenvalue weighted by Crippen LogP contribution is -1.96. The molecule has 0 saturated carbocycles. The summed E-state index contributed by atoms with van der Waals surface area (Å²) in [6.45, 7) is 0. The number of benzene rings is 1. The molecule has 3 heterocycles. The van der Waals surface area contributed by atoms with Crippen molar-refractivity contribution in [3.63, 3.8) is 0 Å². The Bertz CT molecular complexity index is 950. The molecule has 9 heteroatoms. The van der Waals surface area contributed by atoms with Crippen molar-refractivity contribution in [2.24, 2.45) is 7.05 Å². The molecule has 1 aromatic carbocycles. The van der Waals surface area contributed by atoms with Crippen molar-refractivity contribution < 1.29 is 0 Å². The van der Waals surface area contributed by atoms with Gasteiger partial charge in [0.2, 0.25) is 0 Å². The van der Waals surface area contributed by atoms with Crippen LogP contribution < -0.4 is 0 Å². The second-order valence-corrected chi connectivity index (χ2v) is 6.77. The Kier molecular flexibility index (Phi) is 4.01. The molecule has 4 rings (SSSR count). The maximum atomic E-state index is 4.56. The lowest BCUT2D eigenvalue weighted by molar-refractivity contribution is 0.791. The third-order valence-electron chi connectivity index (χ3n) is 3.25. The molecule has 0 unspecified atom stereocenters. The van der Waals surface area contributed by atoms with Gasteiger partial charge in [-0.25, -0.2) is 9.97 Å². The maximum absolute atomic E-state index is 4.56. The fourth-order valence-electron chi connectivity index (χ4n) is 2.07. The highest BCUT2D eigenvalue weighted by molar-refractivity contribution is 8.00. The van der Waals surface area contributed by atoms with Crippen molar-refractivity contribution in [2.75, 3.05) is 0 Å². The van der Waals surface area contributed by atoms with Gasteiger partial charge in [-0.15, -0.1) is 10.2 Å². The van der Waals surface area contributed by atoms with E-state index in [9.17, 15) is 0 Å². The second-order valence-electron chi connectivity index (χ2n) is 4.81. The Morgan fingerprint density at radius 3 is 2.75 bits per heavy atom. The van der Waals surface area contributed by atoms with Crippen LogP contribution in [0.2, 0.25) is 0 Å². The summed E-state index contributed by atoms with van der Waals surface area (Å²) in [5.41, 5.74) is 1.68. The third kappa shape index (κ3) is 2.91. The Balaban J connectivity index is 1.59. The van der Waals surface area contributed by atoms with Gasteiger partial charge in [-0.2, -0.15) is 4.37 Å². The lowest BCUT2D eigenvalue weighted by atomic mass is 10.2. The molecule has 0 aliphatic carbocycles. The highest BCUT2D eigenvalue weighted by atomic mass is 32.2. The highest BCUT2D eigenvalue weighted by Gasteiger charge is 2.15. The smallest absolute Gasteiger partial charge is 0.198 e. The summed E-state index contributed by atoms with van der Waals surface area (Å²) in [7, 11) is 1.89. The number of rotatable bonds is 4. The van der Waals surface area contributed by atoms with Crippen LogP contribution in [0.5, 0.6) is 0 Å². The first-order valence-corrected chi connectivity index (χ1v) is 8.63. The van der Waals surface area contributed by atoms with Gasteiger partial charge in [0.1, 0.15) is 5.69 Å². The van der Waals surface area contributed by atoms with E-state index in [1.165, 1.54) is 23.3 Å². The molecular weight excluding hydrogens is 342 g/mol. The predicted molar refractivity (Wildman–Crippen MR) is 91.5 cm³/mol. The summed E-state index contributed by atoms with van der Waals surface area (Å²) in [6, 6.07) is 9.90. The summed E-state index contributed by atoms with van der Waals surface area (Å²) in [5.74, 6) is 1.39. The van der Waals surface area contributed by atoms with Crippen molar-refractivity contribution in [1.29, 1.82) is 0 Å². The van der Waals surface area contributed by atoms with E-state index in [2.05, 4.69) is 29.5 Å². The Morgan fingerprint density at radius 1 is 1.08 bits per heavy atom. The summed E-state index contributed by atoms with van der Waals surface area (Å²) in [6.07, 6.45) is 4.92. The number of nitrogens with zero attached hydrogens (tertiary/aromatic N) is 7. The van der Waals surface area contributed by atoms with Crippen LogP contribution in [0, 0.1) is 0 Å². The minimum absolute atomic E-state index is 0.665. The van der Waals surface area contributed by atoms with Crippen molar-refractivity contribution in [3.8, 4) is 22.9 Å². The standard InChI is InChI=1S/C15H11N7S2/c1-22-13(11-9-16-7-8-17-11)19-20-14(22)23-15-18-12(21-24-15)10-5-3-2-4-6-10/h2-9H,1H3. The van der Waals surface area contributed by atoms with E-state index >= 15 is 0 Å². The van der Waals surface area contributed by atoms with Crippen LogP contribution in [0.3, 0.4) is 0 Å². The average Bonchev–Trinajstić information content (AvgIpc) is 3.25. The first-order chi connectivity index (χ1) is 11.8.